The molecule has 0 saturated carbocycles. The number of ether oxygens (including phenoxy) is 2. The highest BCUT2D eigenvalue weighted by Crippen LogP contribution is 2.43. The third-order valence-electron chi connectivity index (χ3n) is 5.15. The van der Waals surface area contributed by atoms with Crippen LogP contribution in [0.1, 0.15) is 23.7 Å². The largest absolute Gasteiger partial charge is 0.496 e. The summed E-state index contributed by atoms with van der Waals surface area (Å²) in [4.78, 5) is 6.85. The number of methoxy groups -OCH3 is 2. The highest BCUT2D eigenvalue weighted by Gasteiger charge is 2.36. The molecule has 0 amide bonds. The van der Waals surface area contributed by atoms with Crippen molar-refractivity contribution in [2.45, 2.75) is 19.4 Å². The molecule has 1 unspecified atom stereocenters. The second-order valence-electron chi connectivity index (χ2n) is 6.54. The number of aromatic nitrogens is 2. The Bertz CT molecular complexity index is 1030. The van der Waals surface area contributed by atoms with E-state index in [0.717, 1.165) is 44.4 Å². The monoisotopic (exact) mass is 334 g/mol. The van der Waals surface area contributed by atoms with Gasteiger partial charge in [0.2, 0.25) is 0 Å². The highest BCUT2D eigenvalue weighted by atomic mass is 16.5. The lowest BCUT2D eigenvalue weighted by Gasteiger charge is -2.30. The maximum absolute atomic E-state index is 6.07. The van der Waals surface area contributed by atoms with E-state index in [1.807, 2.05) is 18.3 Å². The summed E-state index contributed by atoms with van der Waals surface area (Å²) < 4.78 is 11.8. The third-order valence-corrected chi connectivity index (χ3v) is 5.15. The van der Waals surface area contributed by atoms with Crippen LogP contribution in [-0.2, 0) is 10.3 Å². The molecule has 4 nitrogen and oxygen atoms in total. The van der Waals surface area contributed by atoms with Gasteiger partial charge < -0.3 is 19.4 Å². The van der Waals surface area contributed by atoms with E-state index in [0.29, 0.717) is 0 Å². The van der Waals surface area contributed by atoms with Gasteiger partial charge in [-0.25, -0.2) is 0 Å². The van der Waals surface area contributed by atoms with Crippen molar-refractivity contribution in [2.24, 2.45) is 0 Å². The molecule has 0 saturated heterocycles. The molecule has 2 aromatic carbocycles. The van der Waals surface area contributed by atoms with E-state index >= 15 is 0 Å². The predicted octanol–water partition coefficient (Wildman–Crippen LogP) is 4.88. The van der Waals surface area contributed by atoms with Crippen LogP contribution in [0.3, 0.4) is 0 Å². The Morgan fingerprint density at radius 2 is 1.84 bits per heavy atom. The number of H-pyrrole nitrogens is 2. The molecule has 2 N–H and O–H groups in total. The van der Waals surface area contributed by atoms with Gasteiger partial charge in [0.25, 0.3) is 0 Å². The Labute approximate surface area is 146 Å². The minimum Gasteiger partial charge on any atom is -0.496 e. The third kappa shape index (κ3) is 2.25. The maximum Gasteiger partial charge on any atom is 0.134 e. The molecule has 0 radical (unpaired) electrons. The Kier molecular flexibility index (Phi) is 3.58. The topological polar surface area (TPSA) is 50.0 Å². The average Bonchev–Trinajstić information content (AvgIpc) is 3.28. The van der Waals surface area contributed by atoms with E-state index < -0.39 is 5.60 Å². The standard InChI is InChI=1S/C21H22N2O2/c1-13-11-17(24-3)19(15-9-10-22-20(13)15)21(2,25-4)18-12-14-7-5-6-8-16(14)23-18/h5-12,22-23H,1-4H3. The fourth-order valence-electron chi connectivity index (χ4n) is 3.71. The molecule has 0 spiro atoms. The van der Waals surface area contributed by atoms with Gasteiger partial charge >= 0.3 is 0 Å². The van der Waals surface area contributed by atoms with Crippen molar-refractivity contribution in [1.29, 1.82) is 0 Å². The first-order valence-electron chi connectivity index (χ1n) is 8.37. The summed E-state index contributed by atoms with van der Waals surface area (Å²) in [6.07, 6.45) is 1.96. The van der Waals surface area contributed by atoms with Gasteiger partial charge in [0.1, 0.15) is 11.4 Å². The van der Waals surface area contributed by atoms with Gasteiger partial charge in [0, 0.05) is 35.3 Å². The van der Waals surface area contributed by atoms with Crippen LogP contribution < -0.4 is 4.74 Å². The molecule has 0 aliphatic carbocycles. The van der Waals surface area contributed by atoms with Crippen molar-refractivity contribution >= 4 is 21.8 Å². The van der Waals surface area contributed by atoms with Gasteiger partial charge in [0.15, 0.2) is 0 Å². The van der Waals surface area contributed by atoms with E-state index in [1.54, 1.807) is 14.2 Å². The van der Waals surface area contributed by atoms with E-state index in [2.05, 4.69) is 54.1 Å². The van der Waals surface area contributed by atoms with E-state index in [4.69, 9.17) is 9.47 Å². The summed E-state index contributed by atoms with van der Waals surface area (Å²) in [7, 11) is 3.45. The van der Waals surface area contributed by atoms with Crippen LogP contribution >= 0.6 is 0 Å². The number of benzene rings is 2. The molecular formula is C21H22N2O2. The van der Waals surface area contributed by atoms with Gasteiger partial charge in [0.05, 0.1) is 12.8 Å². The van der Waals surface area contributed by atoms with Crippen LogP contribution in [0.25, 0.3) is 21.8 Å². The van der Waals surface area contributed by atoms with Crippen molar-refractivity contribution in [3.05, 3.63) is 65.5 Å². The Morgan fingerprint density at radius 1 is 1.04 bits per heavy atom. The number of para-hydroxylation sites is 1. The van der Waals surface area contributed by atoms with Crippen LogP contribution in [0.4, 0.5) is 0 Å². The van der Waals surface area contributed by atoms with Gasteiger partial charge in [-0.15, -0.1) is 0 Å². The zero-order valence-electron chi connectivity index (χ0n) is 14.9. The highest BCUT2D eigenvalue weighted by molar-refractivity contribution is 5.90. The molecule has 0 bridgehead atoms. The van der Waals surface area contributed by atoms with Gasteiger partial charge in [-0.05, 0) is 49.1 Å². The van der Waals surface area contributed by atoms with Crippen molar-refractivity contribution in [2.75, 3.05) is 14.2 Å². The summed E-state index contributed by atoms with van der Waals surface area (Å²) >= 11 is 0. The Morgan fingerprint density at radius 3 is 2.56 bits per heavy atom. The van der Waals surface area contributed by atoms with E-state index in [9.17, 15) is 0 Å². The zero-order chi connectivity index (χ0) is 17.6. The van der Waals surface area contributed by atoms with Crippen LogP contribution in [-0.4, -0.2) is 24.2 Å². The van der Waals surface area contributed by atoms with Crippen LogP contribution in [0.5, 0.6) is 5.75 Å². The molecule has 2 heterocycles. The van der Waals surface area contributed by atoms with Crippen molar-refractivity contribution in [3.8, 4) is 5.75 Å². The zero-order valence-corrected chi connectivity index (χ0v) is 14.9. The predicted molar refractivity (Wildman–Crippen MR) is 101 cm³/mol. The number of nitrogens with one attached hydrogen (secondary N) is 2. The second-order valence-corrected chi connectivity index (χ2v) is 6.54. The SMILES string of the molecule is COc1cc(C)c2[nH]ccc2c1C(C)(OC)c1cc2ccccc2[nH]1. The number of rotatable bonds is 4. The maximum atomic E-state index is 6.07. The minimum atomic E-state index is -0.668. The van der Waals surface area contributed by atoms with Gasteiger partial charge in [-0.2, -0.15) is 0 Å². The molecule has 0 aliphatic heterocycles. The molecule has 128 valence electrons. The molecule has 25 heavy (non-hydrogen) atoms. The number of fused-ring (bicyclic) bond motifs is 2. The van der Waals surface area contributed by atoms with Crippen LogP contribution in [0.15, 0.2) is 48.7 Å². The van der Waals surface area contributed by atoms with Crippen molar-refractivity contribution in [1.82, 2.24) is 9.97 Å². The van der Waals surface area contributed by atoms with Crippen molar-refractivity contribution < 1.29 is 9.47 Å². The Hall–Kier alpha value is -2.72. The first-order valence-corrected chi connectivity index (χ1v) is 8.37. The van der Waals surface area contributed by atoms with Gasteiger partial charge in [-0.3, -0.25) is 0 Å². The second kappa shape index (κ2) is 5.67. The summed E-state index contributed by atoms with van der Waals surface area (Å²) in [5.41, 5.74) is 4.70. The molecule has 0 fully saturated rings. The molecule has 4 heteroatoms. The lowest BCUT2D eigenvalue weighted by Crippen LogP contribution is -2.27. The lowest BCUT2D eigenvalue weighted by atomic mass is 9.87. The van der Waals surface area contributed by atoms with Gasteiger partial charge in [-0.1, -0.05) is 18.2 Å². The number of hydrogen-bond donors (Lipinski definition) is 2. The number of aromatic amines is 2. The molecule has 2 aromatic heterocycles. The average molecular weight is 334 g/mol. The first kappa shape index (κ1) is 15.8. The smallest absolute Gasteiger partial charge is 0.134 e. The Balaban J connectivity index is 2.04. The summed E-state index contributed by atoms with van der Waals surface area (Å²) in [5, 5.41) is 2.28. The summed E-state index contributed by atoms with van der Waals surface area (Å²) in [6.45, 7) is 4.16. The summed E-state index contributed by atoms with van der Waals surface area (Å²) in [6, 6.07) is 14.5. The molecule has 4 rings (SSSR count). The molecule has 1 atom stereocenters. The quantitative estimate of drug-likeness (QED) is 0.559. The van der Waals surface area contributed by atoms with Crippen LogP contribution in [0.2, 0.25) is 0 Å². The normalized spacial score (nSPS) is 14.1. The number of aryl methyl sites for hydroxylation is 1. The van der Waals surface area contributed by atoms with Crippen molar-refractivity contribution in [3.63, 3.8) is 0 Å². The molecule has 0 aliphatic rings. The minimum absolute atomic E-state index is 0.668. The first-order chi connectivity index (χ1) is 12.1. The molecule has 4 aromatic rings. The lowest BCUT2D eigenvalue weighted by molar-refractivity contribution is 0.0353. The fourth-order valence-corrected chi connectivity index (χ4v) is 3.71. The fraction of sp³-hybridized carbons (Fsp3) is 0.238. The molecular weight excluding hydrogens is 312 g/mol. The summed E-state index contributed by atoms with van der Waals surface area (Å²) in [5.74, 6) is 0.826. The van der Waals surface area contributed by atoms with E-state index in [-0.39, 0.29) is 0 Å². The number of hydrogen-bond acceptors (Lipinski definition) is 2. The van der Waals surface area contributed by atoms with E-state index in [1.165, 1.54) is 0 Å². The van der Waals surface area contributed by atoms with Crippen LogP contribution in [0, 0.1) is 6.92 Å².